The van der Waals surface area contributed by atoms with Crippen LogP contribution in [0.5, 0.6) is 0 Å². The molecule has 1 aromatic carbocycles. The molecule has 2 aromatic heterocycles. The number of aryl methyl sites for hydroxylation is 2. The van der Waals surface area contributed by atoms with Gasteiger partial charge in [0.1, 0.15) is 5.52 Å². The molecule has 0 bridgehead atoms. The summed E-state index contributed by atoms with van der Waals surface area (Å²) >= 11 is 0. The molecular formula is C24H34N8O. The molecule has 4 rings (SSSR count). The van der Waals surface area contributed by atoms with Crippen LogP contribution in [-0.4, -0.2) is 70.1 Å². The van der Waals surface area contributed by atoms with Gasteiger partial charge >= 0.3 is 0 Å². The third kappa shape index (κ3) is 4.93. The zero-order chi connectivity index (χ0) is 23.8. The molecule has 1 fully saturated rings. The highest BCUT2D eigenvalue weighted by Gasteiger charge is 2.23. The van der Waals surface area contributed by atoms with E-state index in [9.17, 15) is 4.79 Å². The lowest BCUT2D eigenvalue weighted by Gasteiger charge is -2.34. The van der Waals surface area contributed by atoms with Gasteiger partial charge in [-0.3, -0.25) is 9.69 Å². The van der Waals surface area contributed by atoms with Crippen LogP contribution in [0.3, 0.4) is 0 Å². The molecular weight excluding hydrogens is 416 g/mol. The fraction of sp³-hybridized carbons (Fsp3) is 0.500. The van der Waals surface area contributed by atoms with Crippen LogP contribution in [0.4, 0.5) is 17.5 Å². The van der Waals surface area contributed by atoms with Crippen molar-refractivity contribution in [2.45, 2.75) is 33.1 Å². The second kappa shape index (κ2) is 8.97. The normalized spacial score (nSPS) is 15.2. The minimum atomic E-state index is 0.0361. The largest absolute Gasteiger partial charge is 0.358 e. The summed E-state index contributed by atoms with van der Waals surface area (Å²) < 4.78 is 1.95. The number of rotatable bonds is 5. The van der Waals surface area contributed by atoms with Gasteiger partial charge in [0.2, 0.25) is 11.9 Å². The Balaban J connectivity index is 1.63. The maximum absolute atomic E-state index is 11.7. The third-order valence-corrected chi connectivity index (χ3v) is 6.22. The Morgan fingerprint density at radius 2 is 1.85 bits per heavy atom. The van der Waals surface area contributed by atoms with Crippen molar-refractivity contribution in [2.75, 3.05) is 50.0 Å². The van der Waals surface area contributed by atoms with E-state index in [-0.39, 0.29) is 11.3 Å². The Morgan fingerprint density at radius 1 is 1.12 bits per heavy atom. The number of nitrogens with one attached hydrogen (secondary N) is 2. The molecule has 1 aliphatic heterocycles. The molecule has 0 spiro atoms. The number of fused-ring (bicyclic) bond motifs is 1. The number of hydrogen-bond acceptors (Lipinski definition) is 7. The summed E-state index contributed by atoms with van der Waals surface area (Å²) in [5.74, 6) is 1.44. The fourth-order valence-corrected chi connectivity index (χ4v) is 4.01. The molecule has 0 radical (unpaired) electrons. The number of piperazine rings is 1. The second-order valence-electron chi connectivity index (χ2n) is 9.74. The smallest absolute Gasteiger partial charge is 0.233 e. The van der Waals surface area contributed by atoms with Crippen molar-refractivity contribution in [3.8, 4) is 0 Å². The van der Waals surface area contributed by atoms with E-state index in [0.29, 0.717) is 18.1 Å². The number of likely N-dealkylation sites (N-methyl/N-ethyl adjacent to an activating group) is 1. The van der Waals surface area contributed by atoms with Crippen molar-refractivity contribution >= 4 is 34.5 Å². The molecule has 176 valence electrons. The molecule has 1 aliphatic rings. The first kappa shape index (κ1) is 23.0. The average molecular weight is 451 g/mol. The van der Waals surface area contributed by atoms with Crippen molar-refractivity contribution < 1.29 is 4.79 Å². The highest BCUT2D eigenvalue weighted by atomic mass is 16.1. The van der Waals surface area contributed by atoms with Crippen LogP contribution in [0.15, 0.2) is 24.5 Å². The summed E-state index contributed by atoms with van der Waals surface area (Å²) in [6, 6.07) is 6.54. The molecule has 3 aromatic rings. The lowest BCUT2D eigenvalue weighted by molar-refractivity contribution is -0.121. The van der Waals surface area contributed by atoms with E-state index in [1.54, 1.807) is 13.4 Å². The highest BCUT2D eigenvalue weighted by Crippen LogP contribution is 2.31. The van der Waals surface area contributed by atoms with Gasteiger partial charge in [0.05, 0.1) is 12.9 Å². The van der Waals surface area contributed by atoms with Gasteiger partial charge in [-0.05, 0) is 29.5 Å². The Kier molecular flexibility index (Phi) is 6.25. The Labute approximate surface area is 195 Å². The molecule has 9 heteroatoms. The fourth-order valence-electron chi connectivity index (χ4n) is 4.01. The molecule has 0 unspecified atom stereocenters. The van der Waals surface area contributed by atoms with Gasteiger partial charge in [-0.15, -0.1) is 0 Å². The number of hydrogen-bond donors (Lipinski definition) is 2. The van der Waals surface area contributed by atoms with E-state index < -0.39 is 0 Å². The van der Waals surface area contributed by atoms with Crippen molar-refractivity contribution in [1.82, 2.24) is 29.7 Å². The molecule has 2 N–H and O–H groups in total. The second-order valence-corrected chi connectivity index (χ2v) is 9.74. The summed E-state index contributed by atoms with van der Waals surface area (Å²) in [7, 11) is 3.63. The summed E-state index contributed by atoms with van der Waals surface area (Å²) in [5.41, 5.74) is 5.04. The SMILES string of the molecule is CNC(=O)CN1CCN(c2nc(Nc3cc(C(C)(C)C)ccc3C)c3c(ncn3C)n2)CC1. The number of nitrogens with zero attached hydrogens (tertiary/aromatic N) is 6. The minimum absolute atomic E-state index is 0.0361. The summed E-state index contributed by atoms with van der Waals surface area (Å²) in [6.07, 6.45) is 1.77. The van der Waals surface area contributed by atoms with Gasteiger partial charge in [-0.25, -0.2) is 4.98 Å². The topological polar surface area (TPSA) is 91.2 Å². The predicted octanol–water partition coefficient (Wildman–Crippen LogP) is 2.58. The van der Waals surface area contributed by atoms with Gasteiger partial charge in [-0.2, -0.15) is 9.97 Å². The number of aromatic nitrogens is 4. The van der Waals surface area contributed by atoms with Gasteiger partial charge < -0.3 is 20.1 Å². The molecule has 0 aliphatic carbocycles. The first-order valence-corrected chi connectivity index (χ1v) is 11.4. The predicted molar refractivity (Wildman–Crippen MR) is 132 cm³/mol. The highest BCUT2D eigenvalue weighted by molar-refractivity contribution is 5.87. The van der Waals surface area contributed by atoms with Crippen LogP contribution in [0.25, 0.3) is 11.2 Å². The van der Waals surface area contributed by atoms with Gasteiger partial charge in [-0.1, -0.05) is 32.9 Å². The van der Waals surface area contributed by atoms with Crippen molar-refractivity contribution in [1.29, 1.82) is 0 Å². The van der Waals surface area contributed by atoms with E-state index in [1.165, 1.54) is 5.56 Å². The average Bonchev–Trinajstić information content (AvgIpc) is 3.15. The molecule has 1 amide bonds. The summed E-state index contributed by atoms with van der Waals surface area (Å²) in [6.45, 7) is 12.2. The Morgan fingerprint density at radius 3 is 2.52 bits per heavy atom. The van der Waals surface area contributed by atoms with Gasteiger partial charge in [0.15, 0.2) is 11.5 Å². The molecule has 0 atom stereocenters. The number of carbonyl (C=O) groups is 1. The van der Waals surface area contributed by atoms with Gasteiger partial charge in [0, 0.05) is 46.0 Å². The Bertz CT molecular complexity index is 1160. The molecule has 1 saturated heterocycles. The first-order valence-electron chi connectivity index (χ1n) is 11.4. The van der Waals surface area contributed by atoms with Crippen molar-refractivity contribution in [3.05, 3.63) is 35.7 Å². The lowest BCUT2D eigenvalue weighted by atomic mass is 9.86. The molecule has 3 heterocycles. The number of imidazole rings is 1. The van der Waals surface area contributed by atoms with Crippen LogP contribution < -0.4 is 15.5 Å². The van der Waals surface area contributed by atoms with Crippen LogP contribution in [0.2, 0.25) is 0 Å². The summed E-state index contributed by atoms with van der Waals surface area (Å²) in [5, 5.41) is 6.26. The lowest BCUT2D eigenvalue weighted by Crippen LogP contribution is -2.49. The van der Waals surface area contributed by atoms with E-state index in [2.05, 4.69) is 71.3 Å². The van der Waals surface area contributed by atoms with Crippen LogP contribution in [-0.2, 0) is 17.3 Å². The van der Waals surface area contributed by atoms with Crippen molar-refractivity contribution in [3.63, 3.8) is 0 Å². The van der Waals surface area contributed by atoms with Crippen molar-refractivity contribution in [2.24, 2.45) is 7.05 Å². The number of amides is 1. The maximum atomic E-state index is 11.7. The zero-order valence-electron chi connectivity index (χ0n) is 20.4. The van der Waals surface area contributed by atoms with Crippen LogP contribution >= 0.6 is 0 Å². The van der Waals surface area contributed by atoms with Gasteiger partial charge in [0.25, 0.3) is 0 Å². The number of carbonyl (C=O) groups excluding carboxylic acids is 1. The quantitative estimate of drug-likeness (QED) is 0.617. The van der Waals surface area contributed by atoms with Crippen LogP contribution in [0, 0.1) is 6.92 Å². The minimum Gasteiger partial charge on any atom is -0.358 e. The number of benzene rings is 1. The molecule has 33 heavy (non-hydrogen) atoms. The zero-order valence-corrected chi connectivity index (χ0v) is 20.4. The molecule has 9 nitrogen and oxygen atoms in total. The Hall–Kier alpha value is -3.20. The molecule has 0 saturated carbocycles. The summed E-state index contributed by atoms with van der Waals surface area (Å²) in [4.78, 5) is 30.2. The standard InChI is InChI=1S/C24H34N8O/c1-16-7-8-17(24(2,3)4)13-18(16)27-22-20-21(26-15-30(20)6)28-23(29-22)32-11-9-31(10-12-32)14-19(33)25-5/h7-8,13,15H,9-12,14H2,1-6H3,(H,25,33)(H,27,28,29). The van der Waals surface area contributed by atoms with E-state index in [0.717, 1.165) is 48.8 Å². The monoisotopic (exact) mass is 450 g/mol. The third-order valence-electron chi connectivity index (χ3n) is 6.22. The maximum Gasteiger partial charge on any atom is 0.233 e. The van der Waals surface area contributed by atoms with E-state index >= 15 is 0 Å². The number of anilines is 3. The van der Waals surface area contributed by atoms with Crippen LogP contribution in [0.1, 0.15) is 31.9 Å². The van der Waals surface area contributed by atoms with E-state index in [4.69, 9.17) is 9.97 Å². The van der Waals surface area contributed by atoms with E-state index in [1.807, 2.05) is 11.6 Å². The first-order chi connectivity index (χ1) is 15.7.